The van der Waals surface area contributed by atoms with E-state index in [-0.39, 0.29) is 0 Å². The van der Waals surface area contributed by atoms with Crippen molar-refractivity contribution in [1.29, 1.82) is 0 Å². The van der Waals surface area contributed by atoms with E-state index in [2.05, 4.69) is 72.3 Å². The van der Waals surface area contributed by atoms with Gasteiger partial charge in [-0.25, -0.2) is 14.1 Å². The molecule has 2 aromatic heterocycles. The molecular weight excluding hydrogens is 298 g/mol. The number of fused-ring (bicyclic) bond motifs is 2. The fourth-order valence-corrected chi connectivity index (χ4v) is 3.55. The first kappa shape index (κ1) is 14.9. The van der Waals surface area contributed by atoms with Gasteiger partial charge in [-0.2, -0.15) is 0 Å². The van der Waals surface area contributed by atoms with Crippen LogP contribution in [0.15, 0.2) is 47.2 Å². The van der Waals surface area contributed by atoms with Crippen molar-refractivity contribution in [2.45, 2.75) is 27.3 Å². The van der Waals surface area contributed by atoms with Gasteiger partial charge in [0.15, 0.2) is 23.0 Å². The van der Waals surface area contributed by atoms with Gasteiger partial charge in [-0.15, -0.1) is 0 Å². The predicted octanol–water partition coefficient (Wildman–Crippen LogP) is 4.24. The molecule has 0 bridgehead atoms. The van der Waals surface area contributed by atoms with E-state index in [1.807, 2.05) is 6.07 Å². The van der Waals surface area contributed by atoms with E-state index in [4.69, 9.17) is 4.42 Å². The highest BCUT2D eigenvalue weighted by Gasteiger charge is 2.28. The van der Waals surface area contributed by atoms with Crippen LogP contribution in [0.5, 0.6) is 0 Å². The number of hydrogen-bond donors (Lipinski definition) is 0. The molecule has 2 heterocycles. The highest BCUT2D eigenvalue weighted by atomic mass is 16.3. The average Bonchev–Trinajstić information content (AvgIpc) is 3.13. The van der Waals surface area contributed by atoms with Crippen molar-refractivity contribution in [1.82, 2.24) is 9.55 Å². The molecule has 4 rings (SSSR count). The monoisotopic (exact) mass is 320 g/mol. The minimum atomic E-state index is 0.552. The fraction of sp³-hybridized carbons (Fsp3) is 0.300. The van der Waals surface area contributed by atoms with E-state index >= 15 is 0 Å². The number of benzene rings is 2. The first-order valence-electron chi connectivity index (χ1n) is 8.38. The summed E-state index contributed by atoms with van der Waals surface area (Å²) in [6.07, 6.45) is 1.53. The molecule has 0 radical (unpaired) electrons. The van der Waals surface area contributed by atoms with Crippen molar-refractivity contribution in [3.05, 3.63) is 48.4 Å². The maximum absolute atomic E-state index is 5.54. The van der Waals surface area contributed by atoms with Crippen LogP contribution in [0, 0.1) is 12.8 Å². The predicted molar refractivity (Wildman–Crippen MR) is 95.7 cm³/mol. The van der Waals surface area contributed by atoms with E-state index in [1.54, 1.807) is 0 Å². The van der Waals surface area contributed by atoms with Crippen LogP contribution in [-0.2, 0) is 13.6 Å². The highest BCUT2D eigenvalue weighted by Crippen LogP contribution is 2.32. The Kier molecular flexibility index (Phi) is 3.41. The lowest BCUT2D eigenvalue weighted by Gasteiger charge is -2.08. The second kappa shape index (κ2) is 5.48. The minimum absolute atomic E-state index is 0.552. The summed E-state index contributed by atoms with van der Waals surface area (Å²) >= 11 is 0. The summed E-state index contributed by atoms with van der Waals surface area (Å²) in [5.41, 5.74) is 6.60. The lowest BCUT2D eigenvalue weighted by atomic mass is 10.1. The van der Waals surface area contributed by atoms with E-state index < -0.39 is 0 Å². The second-order valence-electron chi connectivity index (χ2n) is 6.83. The molecule has 0 saturated heterocycles. The van der Waals surface area contributed by atoms with Gasteiger partial charge in [0, 0.05) is 0 Å². The molecule has 0 aliphatic rings. The number of aryl methyl sites for hydroxylation is 2. The molecule has 0 N–H and O–H groups in total. The Balaban J connectivity index is 2.14. The molecule has 4 heteroatoms. The highest BCUT2D eigenvalue weighted by molar-refractivity contribution is 5.91. The summed E-state index contributed by atoms with van der Waals surface area (Å²) in [5.74, 6) is 1.73. The third-order valence-corrected chi connectivity index (χ3v) is 4.59. The van der Waals surface area contributed by atoms with Gasteiger partial charge in [-0.1, -0.05) is 32.0 Å². The third-order valence-electron chi connectivity index (χ3n) is 4.59. The number of oxazole rings is 1. The number of aromatic nitrogens is 3. The first-order valence-corrected chi connectivity index (χ1v) is 8.38. The lowest BCUT2D eigenvalue weighted by Crippen LogP contribution is -2.31. The molecule has 0 unspecified atom stereocenters. The van der Waals surface area contributed by atoms with Crippen LogP contribution >= 0.6 is 0 Å². The summed E-state index contributed by atoms with van der Waals surface area (Å²) in [5, 5.41) is 0. The summed E-state index contributed by atoms with van der Waals surface area (Å²) < 4.78 is 10.2. The van der Waals surface area contributed by atoms with Crippen molar-refractivity contribution in [2.75, 3.05) is 0 Å². The van der Waals surface area contributed by atoms with Gasteiger partial charge in [0.2, 0.25) is 0 Å². The van der Waals surface area contributed by atoms with Crippen LogP contribution < -0.4 is 4.57 Å². The Morgan fingerprint density at radius 3 is 2.75 bits per heavy atom. The molecule has 0 spiro atoms. The van der Waals surface area contributed by atoms with E-state index in [0.717, 1.165) is 23.2 Å². The van der Waals surface area contributed by atoms with Crippen LogP contribution in [0.4, 0.5) is 0 Å². The van der Waals surface area contributed by atoms with Gasteiger partial charge in [0.1, 0.15) is 5.52 Å². The van der Waals surface area contributed by atoms with Gasteiger partial charge >= 0.3 is 0 Å². The van der Waals surface area contributed by atoms with Gasteiger partial charge < -0.3 is 4.42 Å². The summed E-state index contributed by atoms with van der Waals surface area (Å²) in [6, 6.07) is 12.7. The van der Waals surface area contributed by atoms with Crippen LogP contribution in [0.2, 0.25) is 0 Å². The lowest BCUT2D eigenvalue weighted by molar-refractivity contribution is -0.634. The second-order valence-corrected chi connectivity index (χ2v) is 6.83. The SMILES string of the molecule is Cc1ccc2ocnc2c1-c1n(CC(C)C)c2ccccc2[n+]1C. The summed E-state index contributed by atoms with van der Waals surface area (Å²) in [7, 11) is 2.13. The van der Waals surface area contributed by atoms with Gasteiger partial charge in [-0.3, -0.25) is 0 Å². The Labute approximate surface area is 141 Å². The number of nitrogens with zero attached hydrogens (tertiary/aromatic N) is 3. The Morgan fingerprint density at radius 1 is 1.17 bits per heavy atom. The number of imidazole rings is 1. The minimum Gasteiger partial charge on any atom is -0.443 e. The van der Waals surface area contributed by atoms with Crippen LogP contribution in [0.25, 0.3) is 33.5 Å². The smallest absolute Gasteiger partial charge is 0.292 e. The Morgan fingerprint density at radius 2 is 1.96 bits per heavy atom. The Bertz CT molecular complexity index is 1040. The topological polar surface area (TPSA) is 34.8 Å². The first-order chi connectivity index (χ1) is 11.6. The quantitative estimate of drug-likeness (QED) is 0.529. The largest absolute Gasteiger partial charge is 0.443 e. The molecule has 0 fully saturated rings. The third kappa shape index (κ3) is 2.13. The van der Waals surface area contributed by atoms with Crippen molar-refractivity contribution >= 4 is 22.1 Å². The van der Waals surface area contributed by atoms with Crippen LogP contribution in [0.3, 0.4) is 0 Å². The van der Waals surface area contributed by atoms with Gasteiger partial charge in [-0.05, 0) is 36.6 Å². The molecule has 0 aliphatic carbocycles. The maximum atomic E-state index is 5.54. The van der Waals surface area contributed by atoms with E-state index in [0.29, 0.717) is 5.92 Å². The standard InChI is InChI=1S/C20H22N3O/c1-13(2)11-23-16-8-6-5-7-15(16)22(4)20(23)18-14(3)9-10-17-19(18)21-12-24-17/h5-10,12-13H,11H2,1-4H3/q+1. The average molecular weight is 320 g/mol. The molecule has 0 atom stereocenters. The van der Waals surface area contributed by atoms with E-state index in [9.17, 15) is 0 Å². The zero-order valence-corrected chi connectivity index (χ0v) is 14.6. The van der Waals surface area contributed by atoms with Crippen LogP contribution in [0.1, 0.15) is 19.4 Å². The number of hydrogen-bond acceptors (Lipinski definition) is 2. The Hall–Kier alpha value is -2.62. The van der Waals surface area contributed by atoms with Crippen molar-refractivity contribution in [3.8, 4) is 11.4 Å². The fourth-order valence-electron chi connectivity index (χ4n) is 3.55. The summed E-state index contributed by atoms with van der Waals surface area (Å²) in [6.45, 7) is 7.61. The normalized spacial score (nSPS) is 11.9. The zero-order valence-electron chi connectivity index (χ0n) is 14.6. The zero-order chi connectivity index (χ0) is 16.8. The number of para-hydroxylation sites is 2. The maximum Gasteiger partial charge on any atom is 0.292 e. The molecule has 4 aromatic rings. The van der Waals surface area contributed by atoms with Gasteiger partial charge in [0.05, 0.1) is 19.2 Å². The molecule has 0 saturated carbocycles. The molecule has 4 nitrogen and oxygen atoms in total. The molecule has 2 aromatic carbocycles. The summed E-state index contributed by atoms with van der Waals surface area (Å²) in [4.78, 5) is 4.49. The molecular formula is C20H22N3O+. The molecule has 122 valence electrons. The van der Waals surface area contributed by atoms with Crippen molar-refractivity contribution < 1.29 is 8.98 Å². The van der Waals surface area contributed by atoms with E-state index in [1.165, 1.54) is 28.8 Å². The molecule has 0 aliphatic heterocycles. The van der Waals surface area contributed by atoms with Crippen molar-refractivity contribution in [3.63, 3.8) is 0 Å². The van der Waals surface area contributed by atoms with Crippen LogP contribution in [-0.4, -0.2) is 9.55 Å². The van der Waals surface area contributed by atoms with Gasteiger partial charge in [0.25, 0.3) is 5.82 Å². The number of rotatable bonds is 3. The molecule has 0 amide bonds. The molecule has 24 heavy (non-hydrogen) atoms. The van der Waals surface area contributed by atoms with Crippen molar-refractivity contribution in [2.24, 2.45) is 13.0 Å².